The molecule has 202 valence electrons. The van der Waals surface area contributed by atoms with Gasteiger partial charge in [0.2, 0.25) is 0 Å². The van der Waals surface area contributed by atoms with E-state index in [1.807, 2.05) is 12.1 Å². The molecule has 0 saturated heterocycles. The Bertz CT molecular complexity index is 1570. The predicted molar refractivity (Wildman–Crippen MR) is 143 cm³/mol. The summed E-state index contributed by atoms with van der Waals surface area (Å²) in [4.78, 5) is 48.6. The Morgan fingerprint density at radius 2 is 1.66 bits per heavy atom. The van der Waals surface area contributed by atoms with Crippen LogP contribution in [0.25, 0.3) is 0 Å². The molecule has 3 rings (SSSR count). The van der Waals surface area contributed by atoms with Gasteiger partial charge in [-0.1, -0.05) is 31.5 Å². The molecular formula is C26H30N4O7S. The molecule has 0 saturated carbocycles. The molecule has 2 N–H and O–H groups in total. The van der Waals surface area contributed by atoms with E-state index in [4.69, 9.17) is 4.74 Å². The second kappa shape index (κ2) is 11.9. The van der Waals surface area contributed by atoms with Gasteiger partial charge in [0.25, 0.3) is 21.5 Å². The van der Waals surface area contributed by atoms with Crippen molar-refractivity contribution in [2.24, 2.45) is 14.1 Å². The molecule has 0 bridgehead atoms. The average molecular weight is 543 g/mol. The molecular weight excluding hydrogens is 512 g/mol. The summed E-state index contributed by atoms with van der Waals surface area (Å²) < 4.78 is 35.4. The normalized spacial score (nSPS) is 11.2. The lowest BCUT2D eigenvalue weighted by molar-refractivity contribution is -0.119. The van der Waals surface area contributed by atoms with Crippen LogP contribution in [0.2, 0.25) is 0 Å². The maximum atomic E-state index is 12.9. The molecule has 0 unspecified atom stereocenters. The van der Waals surface area contributed by atoms with Crippen LogP contribution in [0.5, 0.6) is 0 Å². The number of ether oxygens (including phenoxy) is 1. The predicted octanol–water partition coefficient (Wildman–Crippen LogP) is 2.33. The van der Waals surface area contributed by atoms with Gasteiger partial charge in [-0.25, -0.2) is 18.0 Å². The maximum Gasteiger partial charge on any atom is 0.338 e. The van der Waals surface area contributed by atoms with Crippen LogP contribution < -0.4 is 21.3 Å². The Labute approximate surface area is 220 Å². The minimum atomic E-state index is -4.01. The van der Waals surface area contributed by atoms with Gasteiger partial charge in [0, 0.05) is 25.8 Å². The number of sulfonamides is 1. The van der Waals surface area contributed by atoms with Crippen LogP contribution >= 0.6 is 0 Å². The molecule has 0 aliphatic rings. The van der Waals surface area contributed by atoms with E-state index in [1.54, 1.807) is 19.1 Å². The Morgan fingerprint density at radius 1 is 0.974 bits per heavy atom. The van der Waals surface area contributed by atoms with Crippen LogP contribution in [-0.4, -0.2) is 36.0 Å². The monoisotopic (exact) mass is 542 g/mol. The summed E-state index contributed by atoms with van der Waals surface area (Å²) in [6.07, 6.45) is 3.01. The molecule has 1 aromatic heterocycles. The number of nitrogens with zero attached hydrogens (tertiary/aromatic N) is 2. The number of nitrogens with one attached hydrogen (secondary N) is 2. The summed E-state index contributed by atoms with van der Waals surface area (Å²) >= 11 is 0. The number of rotatable bonds is 10. The van der Waals surface area contributed by atoms with E-state index in [0.717, 1.165) is 40.0 Å². The van der Waals surface area contributed by atoms with Crippen LogP contribution in [0, 0.1) is 6.92 Å². The minimum absolute atomic E-state index is 0.0310. The van der Waals surface area contributed by atoms with E-state index >= 15 is 0 Å². The van der Waals surface area contributed by atoms with Gasteiger partial charge in [0.05, 0.1) is 10.5 Å². The van der Waals surface area contributed by atoms with E-state index in [9.17, 15) is 27.6 Å². The van der Waals surface area contributed by atoms with Gasteiger partial charge < -0.3 is 10.1 Å². The Kier molecular flexibility index (Phi) is 8.89. The van der Waals surface area contributed by atoms with Crippen molar-refractivity contribution >= 4 is 33.4 Å². The van der Waals surface area contributed by atoms with E-state index in [1.165, 1.54) is 32.3 Å². The zero-order chi connectivity index (χ0) is 28.0. The summed E-state index contributed by atoms with van der Waals surface area (Å²) in [6, 6.07) is 12.2. The quantitative estimate of drug-likeness (QED) is 0.374. The van der Waals surface area contributed by atoms with Gasteiger partial charge in [-0.3, -0.25) is 23.4 Å². The Balaban J connectivity index is 1.69. The number of amides is 1. The SMILES string of the molecule is CCCCc1ccc(NS(=O)(=O)c2ccc(C)c(C(=O)OCC(=O)Nc3cc(=O)n(C)c(=O)n3C)c2)cc1. The van der Waals surface area contributed by atoms with Gasteiger partial charge in [0.1, 0.15) is 5.82 Å². The van der Waals surface area contributed by atoms with Crippen molar-refractivity contribution in [3.8, 4) is 0 Å². The largest absolute Gasteiger partial charge is 0.452 e. The van der Waals surface area contributed by atoms with Crippen molar-refractivity contribution in [3.05, 3.63) is 86.1 Å². The highest BCUT2D eigenvalue weighted by molar-refractivity contribution is 7.92. The number of hydrogen-bond donors (Lipinski definition) is 2. The lowest BCUT2D eigenvalue weighted by atomic mass is 10.1. The van der Waals surface area contributed by atoms with Gasteiger partial charge in [-0.2, -0.15) is 0 Å². The fraction of sp³-hybridized carbons (Fsp3) is 0.308. The number of unbranched alkanes of at least 4 members (excludes halogenated alkanes) is 1. The first kappa shape index (κ1) is 28.4. The topological polar surface area (TPSA) is 146 Å². The van der Waals surface area contributed by atoms with E-state index in [0.29, 0.717) is 11.3 Å². The van der Waals surface area contributed by atoms with Crippen molar-refractivity contribution in [1.82, 2.24) is 9.13 Å². The Hall–Kier alpha value is -4.19. The summed E-state index contributed by atoms with van der Waals surface area (Å²) in [7, 11) is -1.34. The van der Waals surface area contributed by atoms with Crippen molar-refractivity contribution in [2.75, 3.05) is 16.6 Å². The molecule has 0 fully saturated rings. The summed E-state index contributed by atoms with van der Waals surface area (Å²) in [5.74, 6) is -1.76. The number of benzene rings is 2. The van der Waals surface area contributed by atoms with Crippen molar-refractivity contribution in [2.45, 2.75) is 38.0 Å². The summed E-state index contributed by atoms with van der Waals surface area (Å²) in [5, 5.41) is 2.35. The molecule has 11 nitrogen and oxygen atoms in total. The molecule has 0 aliphatic heterocycles. The molecule has 0 spiro atoms. The van der Waals surface area contributed by atoms with E-state index < -0.39 is 39.8 Å². The lowest BCUT2D eigenvalue weighted by Gasteiger charge is -2.13. The maximum absolute atomic E-state index is 12.9. The zero-order valence-corrected chi connectivity index (χ0v) is 22.4. The summed E-state index contributed by atoms with van der Waals surface area (Å²) in [6.45, 7) is 2.98. The second-order valence-corrected chi connectivity index (χ2v) is 10.5. The van der Waals surface area contributed by atoms with E-state index in [2.05, 4.69) is 17.0 Å². The third-order valence-corrected chi connectivity index (χ3v) is 7.27. The Morgan fingerprint density at radius 3 is 2.32 bits per heavy atom. The number of esters is 1. The molecule has 0 radical (unpaired) electrons. The molecule has 38 heavy (non-hydrogen) atoms. The number of aromatic nitrogens is 2. The number of anilines is 2. The highest BCUT2D eigenvalue weighted by atomic mass is 32.2. The highest BCUT2D eigenvalue weighted by Gasteiger charge is 2.20. The number of carbonyl (C=O) groups excluding carboxylic acids is 2. The van der Waals surface area contributed by atoms with Gasteiger partial charge in [-0.05, 0) is 55.2 Å². The first-order valence-electron chi connectivity index (χ1n) is 11.9. The molecule has 12 heteroatoms. The number of hydrogen-bond acceptors (Lipinski definition) is 7. The van der Waals surface area contributed by atoms with Crippen molar-refractivity contribution in [3.63, 3.8) is 0 Å². The van der Waals surface area contributed by atoms with Gasteiger partial charge in [0.15, 0.2) is 6.61 Å². The highest BCUT2D eigenvalue weighted by Crippen LogP contribution is 2.21. The number of carbonyl (C=O) groups is 2. The molecule has 1 heterocycles. The standard InChI is InChI=1S/C26H30N4O7S/c1-5-6-7-18-9-11-19(12-10-18)28-38(35,36)20-13-8-17(2)21(14-20)25(33)37-16-23(31)27-22-15-24(32)30(4)26(34)29(22)3/h8-15,28H,5-7,16H2,1-4H3,(H,27,31). The fourth-order valence-electron chi connectivity index (χ4n) is 3.56. The first-order valence-corrected chi connectivity index (χ1v) is 13.4. The van der Waals surface area contributed by atoms with Crippen molar-refractivity contribution < 1.29 is 22.7 Å². The second-order valence-electron chi connectivity index (χ2n) is 8.78. The molecule has 3 aromatic rings. The van der Waals surface area contributed by atoms with Crippen LogP contribution in [0.4, 0.5) is 11.5 Å². The van der Waals surface area contributed by atoms with Gasteiger partial charge in [-0.15, -0.1) is 0 Å². The first-order chi connectivity index (χ1) is 17.9. The zero-order valence-electron chi connectivity index (χ0n) is 21.6. The smallest absolute Gasteiger partial charge is 0.338 e. The molecule has 1 amide bonds. The molecule has 0 aliphatic carbocycles. The molecule has 0 atom stereocenters. The van der Waals surface area contributed by atoms with Crippen LogP contribution in [0.1, 0.15) is 41.3 Å². The average Bonchev–Trinajstić information content (AvgIpc) is 2.88. The van der Waals surface area contributed by atoms with Crippen LogP contribution in [0.15, 0.2) is 63.0 Å². The van der Waals surface area contributed by atoms with Crippen LogP contribution in [0.3, 0.4) is 0 Å². The lowest BCUT2D eigenvalue weighted by Crippen LogP contribution is -2.38. The van der Waals surface area contributed by atoms with Gasteiger partial charge >= 0.3 is 11.7 Å². The van der Waals surface area contributed by atoms with E-state index in [-0.39, 0.29) is 16.3 Å². The third kappa shape index (κ3) is 6.76. The summed E-state index contributed by atoms with van der Waals surface area (Å²) in [5.41, 5.74) is 0.655. The number of aryl methyl sites for hydroxylation is 2. The fourth-order valence-corrected chi connectivity index (χ4v) is 4.65. The minimum Gasteiger partial charge on any atom is -0.452 e. The van der Waals surface area contributed by atoms with Crippen LogP contribution in [-0.2, 0) is 40.1 Å². The molecule has 2 aromatic carbocycles. The third-order valence-electron chi connectivity index (χ3n) is 5.89. The van der Waals surface area contributed by atoms with Crippen molar-refractivity contribution in [1.29, 1.82) is 0 Å².